The minimum absolute atomic E-state index is 0.0527. The molecule has 1 atom stereocenters. The molecule has 3 rings (SSSR count). The number of hydrogen-bond donors (Lipinski definition) is 2. The Hall–Kier alpha value is -2.91. The number of sulfonamides is 1. The van der Waals surface area contributed by atoms with Crippen molar-refractivity contribution in [3.63, 3.8) is 0 Å². The van der Waals surface area contributed by atoms with Gasteiger partial charge in [0.2, 0.25) is 15.9 Å². The van der Waals surface area contributed by atoms with Gasteiger partial charge < -0.3 is 15.3 Å². The van der Waals surface area contributed by atoms with Crippen LogP contribution in [0.15, 0.2) is 53.4 Å². The molecule has 2 aromatic rings. The van der Waals surface area contributed by atoms with Crippen LogP contribution < -0.4 is 5.32 Å². The number of phenolic OH excluding ortho intramolecular Hbond substituents is 1. The molecule has 0 aromatic heterocycles. The molecule has 0 radical (unpaired) electrons. The quantitative estimate of drug-likeness (QED) is 0.660. The average Bonchev–Trinajstić information content (AvgIpc) is 2.82. The number of nitrogens with zero attached hydrogens (tertiary/aromatic N) is 2. The fourth-order valence-electron chi connectivity index (χ4n) is 3.51. The second-order valence-electron chi connectivity index (χ2n) is 7.89. The average molecular weight is 460 g/mol. The van der Waals surface area contributed by atoms with Crippen LogP contribution in [0.5, 0.6) is 5.75 Å². The van der Waals surface area contributed by atoms with E-state index in [1.54, 1.807) is 17.0 Å². The van der Waals surface area contributed by atoms with Gasteiger partial charge in [-0.1, -0.05) is 26.0 Å². The molecule has 8 nitrogen and oxygen atoms in total. The molecule has 1 aliphatic heterocycles. The lowest BCUT2D eigenvalue weighted by Gasteiger charge is -2.34. The highest BCUT2D eigenvalue weighted by atomic mass is 32.2. The van der Waals surface area contributed by atoms with E-state index >= 15 is 0 Å². The number of carbonyl (C=O) groups is 2. The molecule has 32 heavy (non-hydrogen) atoms. The van der Waals surface area contributed by atoms with Crippen molar-refractivity contribution < 1.29 is 23.1 Å². The summed E-state index contributed by atoms with van der Waals surface area (Å²) in [5.74, 6) is -0.264. The van der Waals surface area contributed by atoms with Gasteiger partial charge in [-0.15, -0.1) is 0 Å². The first kappa shape index (κ1) is 23.7. The number of phenols is 1. The second kappa shape index (κ2) is 10.1. The third-order valence-corrected chi connectivity index (χ3v) is 7.73. The largest absolute Gasteiger partial charge is 0.508 e. The SMILES string of the molecule is CC[C@H](C)c1ccc(S(=O)(=O)N2CCN(C(=O)CNC(=O)c3ccc(O)cc3)CC2)cc1. The molecule has 0 unspecified atom stereocenters. The number of rotatable bonds is 7. The van der Waals surface area contributed by atoms with Crippen molar-refractivity contribution in [1.29, 1.82) is 0 Å². The van der Waals surface area contributed by atoms with Gasteiger partial charge in [0, 0.05) is 31.7 Å². The lowest BCUT2D eigenvalue weighted by atomic mass is 9.99. The summed E-state index contributed by atoms with van der Waals surface area (Å²) in [7, 11) is -3.62. The lowest BCUT2D eigenvalue weighted by molar-refractivity contribution is -0.131. The zero-order valence-electron chi connectivity index (χ0n) is 18.3. The van der Waals surface area contributed by atoms with E-state index in [9.17, 15) is 23.1 Å². The molecule has 172 valence electrons. The monoisotopic (exact) mass is 459 g/mol. The number of aromatic hydroxyl groups is 1. The van der Waals surface area contributed by atoms with Gasteiger partial charge in [-0.2, -0.15) is 4.31 Å². The van der Waals surface area contributed by atoms with Crippen LogP contribution in [0.2, 0.25) is 0 Å². The highest BCUT2D eigenvalue weighted by Gasteiger charge is 2.30. The van der Waals surface area contributed by atoms with E-state index in [1.807, 2.05) is 12.1 Å². The maximum atomic E-state index is 13.0. The summed E-state index contributed by atoms with van der Waals surface area (Å²) in [6, 6.07) is 12.7. The fourth-order valence-corrected chi connectivity index (χ4v) is 4.94. The van der Waals surface area contributed by atoms with Crippen LogP contribution in [0.4, 0.5) is 0 Å². The Labute approximate surface area is 188 Å². The zero-order chi connectivity index (χ0) is 23.3. The highest BCUT2D eigenvalue weighted by molar-refractivity contribution is 7.89. The van der Waals surface area contributed by atoms with Crippen LogP contribution in [0, 0.1) is 0 Å². The first-order valence-corrected chi connectivity index (χ1v) is 12.1. The third kappa shape index (κ3) is 5.46. The number of hydrogen-bond acceptors (Lipinski definition) is 5. The molecule has 1 aliphatic rings. The van der Waals surface area contributed by atoms with Crippen LogP contribution in [-0.2, 0) is 14.8 Å². The van der Waals surface area contributed by atoms with Gasteiger partial charge >= 0.3 is 0 Å². The molecule has 2 amide bonds. The summed E-state index contributed by atoms with van der Waals surface area (Å²) in [5, 5.41) is 11.8. The van der Waals surface area contributed by atoms with Crippen LogP contribution in [-0.4, -0.2) is 67.3 Å². The van der Waals surface area contributed by atoms with E-state index in [2.05, 4.69) is 19.2 Å². The van der Waals surface area contributed by atoms with Crippen molar-refractivity contribution >= 4 is 21.8 Å². The number of carbonyl (C=O) groups excluding carboxylic acids is 2. The van der Waals surface area contributed by atoms with E-state index in [1.165, 1.54) is 28.6 Å². The zero-order valence-corrected chi connectivity index (χ0v) is 19.1. The molecule has 2 aromatic carbocycles. The molecular weight excluding hydrogens is 430 g/mol. The summed E-state index contributed by atoms with van der Waals surface area (Å²) in [5.41, 5.74) is 1.45. The minimum Gasteiger partial charge on any atom is -0.508 e. The first-order chi connectivity index (χ1) is 15.2. The Morgan fingerprint density at radius 3 is 2.16 bits per heavy atom. The van der Waals surface area contributed by atoms with Crippen LogP contribution >= 0.6 is 0 Å². The van der Waals surface area contributed by atoms with E-state index in [0.717, 1.165) is 12.0 Å². The summed E-state index contributed by atoms with van der Waals surface area (Å²) in [4.78, 5) is 26.4. The van der Waals surface area contributed by atoms with Crippen LogP contribution in [0.3, 0.4) is 0 Å². The van der Waals surface area contributed by atoms with Crippen molar-refractivity contribution in [2.24, 2.45) is 0 Å². The molecule has 1 fully saturated rings. The molecule has 9 heteroatoms. The standard InChI is InChI=1S/C23H29N3O5S/c1-3-17(2)18-6-10-21(11-7-18)32(30,31)26-14-12-25(13-15-26)22(28)16-24-23(29)19-4-8-20(27)9-5-19/h4-11,17,27H,3,12-16H2,1-2H3,(H,24,29)/t17-/m0/s1. The molecule has 0 bridgehead atoms. The predicted octanol–water partition coefficient (Wildman–Crippen LogP) is 2.17. The molecular formula is C23H29N3O5S. The maximum absolute atomic E-state index is 13.0. The second-order valence-corrected chi connectivity index (χ2v) is 9.83. The summed E-state index contributed by atoms with van der Waals surface area (Å²) < 4.78 is 27.3. The molecule has 1 heterocycles. The van der Waals surface area contributed by atoms with Crippen LogP contribution in [0.1, 0.15) is 42.1 Å². The van der Waals surface area contributed by atoms with Crippen molar-refractivity contribution in [3.05, 3.63) is 59.7 Å². The van der Waals surface area contributed by atoms with Crippen molar-refractivity contribution in [1.82, 2.24) is 14.5 Å². The molecule has 0 aliphatic carbocycles. The summed E-state index contributed by atoms with van der Waals surface area (Å²) in [6.07, 6.45) is 0.984. The number of piperazine rings is 1. The first-order valence-electron chi connectivity index (χ1n) is 10.7. The van der Waals surface area contributed by atoms with Gasteiger partial charge in [0.05, 0.1) is 11.4 Å². The minimum atomic E-state index is -3.62. The molecule has 1 saturated heterocycles. The summed E-state index contributed by atoms with van der Waals surface area (Å²) >= 11 is 0. The fraction of sp³-hybridized carbons (Fsp3) is 0.391. The third-order valence-electron chi connectivity index (χ3n) is 5.82. The normalized spacial score (nSPS) is 15.9. The van der Waals surface area contributed by atoms with E-state index < -0.39 is 15.9 Å². The Bertz CT molecular complexity index is 1040. The topological polar surface area (TPSA) is 107 Å². The molecule has 2 N–H and O–H groups in total. The van der Waals surface area contributed by atoms with E-state index in [4.69, 9.17) is 0 Å². The van der Waals surface area contributed by atoms with Crippen molar-refractivity contribution in [2.75, 3.05) is 32.7 Å². The van der Waals surface area contributed by atoms with E-state index in [0.29, 0.717) is 11.5 Å². The van der Waals surface area contributed by atoms with Gasteiger partial charge in [-0.05, 0) is 54.3 Å². The molecule has 0 spiro atoms. The van der Waals surface area contributed by atoms with Gasteiger partial charge in [0.1, 0.15) is 5.75 Å². The number of amides is 2. The number of benzene rings is 2. The summed E-state index contributed by atoms with van der Waals surface area (Å²) in [6.45, 7) is 4.95. The Kier molecular flexibility index (Phi) is 7.52. The van der Waals surface area contributed by atoms with E-state index in [-0.39, 0.29) is 49.3 Å². The van der Waals surface area contributed by atoms with Gasteiger partial charge in [-0.3, -0.25) is 9.59 Å². The highest BCUT2D eigenvalue weighted by Crippen LogP contribution is 2.23. The Morgan fingerprint density at radius 1 is 1.00 bits per heavy atom. The van der Waals surface area contributed by atoms with Crippen LogP contribution in [0.25, 0.3) is 0 Å². The lowest BCUT2D eigenvalue weighted by Crippen LogP contribution is -2.52. The van der Waals surface area contributed by atoms with Crippen molar-refractivity contribution in [2.45, 2.75) is 31.1 Å². The predicted molar refractivity (Wildman–Crippen MR) is 121 cm³/mol. The van der Waals surface area contributed by atoms with Gasteiger partial charge in [0.15, 0.2) is 0 Å². The number of nitrogens with one attached hydrogen (secondary N) is 1. The molecule has 0 saturated carbocycles. The maximum Gasteiger partial charge on any atom is 0.251 e. The van der Waals surface area contributed by atoms with Gasteiger partial charge in [0.25, 0.3) is 5.91 Å². The van der Waals surface area contributed by atoms with Crippen molar-refractivity contribution in [3.8, 4) is 5.75 Å². The smallest absolute Gasteiger partial charge is 0.251 e. The Morgan fingerprint density at radius 2 is 1.59 bits per heavy atom. The van der Waals surface area contributed by atoms with Gasteiger partial charge in [-0.25, -0.2) is 8.42 Å². The Balaban J connectivity index is 1.53.